The molecule has 0 bridgehead atoms. The van der Waals surface area contributed by atoms with Crippen LogP contribution in [0.1, 0.15) is 62.8 Å². The Hall–Kier alpha value is -2.26. The predicted molar refractivity (Wildman–Crippen MR) is 92.1 cm³/mol. The molecule has 0 amide bonds. The lowest BCUT2D eigenvalue weighted by molar-refractivity contribution is 0.00454. The maximum absolute atomic E-state index is 12.1. The lowest BCUT2D eigenvalue weighted by Crippen LogP contribution is -2.25. The first-order chi connectivity index (χ1) is 10.9. The van der Waals surface area contributed by atoms with E-state index in [0.717, 1.165) is 0 Å². The summed E-state index contributed by atoms with van der Waals surface area (Å²) < 4.78 is 10.4. The molecule has 9 nitrogen and oxygen atoms in total. The highest BCUT2D eigenvalue weighted by atomic mass is 35.5. The van der Waals surface area contributed by atoms with Gasteiger partial charge in [-0.25, -0.2) is 24.5 Å². The van der Waals surface area contributed by atoms with Crippen LogP contribution in [0.5, 0.6) is 0 Å². The van der Waals surface area contributed by atoms with Gasteiger partial charge in [-0.3, -0.25) is 0 Å². The number of halogens is 1. The first-order valence-corrected chi connectivity index (χ1v) is 7.63. The minimum absolute atomic E-state index is 0. The molecule has 2 heterocycles. The maximum Gasteiger partial charge on any atom is 0.377 e. The van der Waals surface area contributed by atoms with Gasteiger partial charge >= 0.3 is 11.9 Å². The van der Waals surface area contributed by atoms with Crippen molar-refractivity contribution in [3.05, 3.63) is 16.8 Å². The summed E-state index contributed by atoms with van der Waals surface area (Å²) in [6.45, 7) is 10.4. The number of hydrogen-bond acceptors (Lipinski definition) is 8. The maximum atomic E-state index is 12.1. The second-order valence-corrected chi connectivity index (χ2v) is 7.48. The van der Waals surface area contributed by atoms with Gasteiger partial charge in [0, 0.05) is 0 Å². The molecule has 2 aromatic heterocycles. The predicted octanol–water partition coefficient (Wildman–Crippen LogP) is 3.08. The van der Waals surface area contributed by atoms with Gasteiger partial charge in [-0.15, -0.1) is 0 Å². The molecule has 10 heteroatoms. The number of ether oxygens (including phenoxy) is 2. The van der Waals surface area contributed by atoms with E-state index in [1.807, 2.05) is 0 Å². The van der Waals surface area contributed by atoms with Gasteiger partial charge in [-0.2, -0.15) is 0 Å². The van der Waals surface area contributed by atoms with E-state index in [4.69, 9.17) is 21.1 Å². The van der Waals surface area contributed by atoms with E-state index >= 15 is 0 Å². The molecule has 0 aliphatic heterocycles. The van der Waals surface area contributed by atoms with Crippen molar-refractivity contribution in [2.24, 2.45) is 0 Å². The summed E-state index contributed by atoms with van der Waals surface area (Å²) in [5.74, 6) is -1.67. The van der Waals surface area contributed by atoms with Gasteiger partial charge in [0.1, 0.15) is 16.7 Å². The average Bonchev–Trinajstić information content (AvgIpc) is 2.79. The highest BCUT2D eigenvalue weighted by molar-refractivity contribution is 6.33. The number of esters is 2. The van der Waals surface area contributed by atoms with Crippen LogP contribution in [0.3, 0.4) is 0 Å². The summed E-state index contributed by atoms with van der Waals surface area (Å²) in [4.78, 5) is 38.7. The number of H-pyrrole nitrogens is 1. The normalized spacial score (nSPS) is 11.8. The van der Waals surface area contributed by atoms with Crippen LogP contribution in [-0.4, -0.2) is 43.1 Å². The third kappa shape index (κ3) is 5.36. The summed E-state index contributed by atoms with van der Waals surface area (Å²) in [6.07, 6.45) is 0. The Morgan fingerprint density at radius 1 is 0.920 bits per heavy atom. The van der Waals surface area contributed by atoms with Gasteiger partial charge in [0.05, 0.1) is 0 Å². The number of carbonyl (C=O) groups excluding carboxylic acids is 2. The van der Waals surface area contributed by atoms with Crippen molar-refractivity contribution in [1.82, 2.24) is 26.1 Å². The van der Waals surface area contributed by atoms with Crippen molar-refractivity contribution in [1.29, 1.82) is 0 Å². The topological polar surface area (TPSA) is 142 Å². The zero-order chi connectivity index (χ0) is 18.3. The zero-order valence-corrected chi connectivity index (χ0v) is 15.8. The number of aromatic amines is 1. The minimum Gasteiger partial charge on any atom is -0.454 e. The lowest BCUT2D eigenvalue weighted by atomic mass is 10.2. The van der Waals surface area contributed by atoms with Gasteiger partial charge in [0.2, 0.25) is 11.6 Å². The summed E-state index contributed by atoms with van der Waals surface area (Å²) in [6, 6.07) is 0. The number of carbonyl (C=O) groups is 2. The molecule has 0 atom stereocenters. The van der Waals surface area contributed by atoms with Crippen LogP contribution in [0.25, 0.3) is 11.2 Å². The van der Waals surface area contributed by atoms with Crippen LogP contribution in [0.4, 0.5) is 0 Å². The molecule has 0 aliphatic rings. The molecule has 0 aromatic carbocycles. The van der Waals surface area contributed by atoms with Gasteiger partial charge in [-0.1, -0.05) is 11.6 Å². The second kappa shape index (κ2) is 6.93. The first-order valence-electron chi connectivity index (χ1n) is 7.26. The number of hydrogen-bond donors (Lipinski definition) is 2. The van der Waals surface area contributed by atoms with Gasteiger partial charge < -0.3 is 20.6 Å². The lowest BCUT2D eigenvalue weighted by Gasteiger charge is -2.18. The molecule has 2 rings (SSSR count). The quantitative estimate of drug-likeness (QED) is 0.605. The molecule has 4 N–H and O–H groups in total. The van der Waals surface area contributed by atoms with E-state index in [0.29, 0.717) is 0 Å². The second-order valence-electron chi connectivity index (χ2n) is 7.12. The van der Waals surface area contributed by atoms with Crippen molar-refractivity contribution in [2.45, 2.75) is 52.7 Å². The van der Waals surface area contributed by atoms with E-state index in [9.17, 15) is 9.59 Å². The molecule has 25 heavy (non-hydrogen) atoms. The molecule has 0 radical (unpaired) electrons. The van der Waals surface area contributed by atoms with Gasteiger partial charge in [-0.05, 0) is 41.5 Å². The smallest absolute Gasteiger partial charge is 0.377 e. The molecule has 0 saturated carbocycles. The van der Waals surface area contributed by atoms with E-state index in [1.54, 1.807) is 41.5 Å². The highest BCUT2D eigenvalue weighted by Gasteiger charge is 2.25. The Morgan fingerprint density at radius 3 is 1.96 bits per heavy atom. The number of rotatable bonds is 2. The summed E-state index contributed by atoms with van der Waals surface area (Å²) in [5, 5.41) is -0.0630. The molecular weight excluding hydrogens is 350 g/mol. The number of fused-ring (bicyclic) bond motifs is 1. The fraction of sp³-hybridized carbons (Fsp3) is 0.533. The minimum atomic E-state index is -0.722. The van der Waals surface area contributed by atoms with Crippen LogP contribution in [0.2, 0.25) is 5.15 Å². The monoisotopic (exact) mass is 371 g/mol. The number of aromatic nitrogens is 4. The molecule has 0 fully saturated rings. The van der Waals surface area contributed by atoms with Crippen LogP contribution in [0.15, 0.2) is 0 Å². The molecule has 0 saturated heterocycles. The van der Waals surface area contributed by atoms with Crippen molar-refractivity contribution in [3.8, 4) is 0 Å². The van der Waals surface area contributed by atoms with E-state index in [1.165, 1.54) is 0 Å². The fourth-order valence-corrected chi connectivity index (χ4v) is 1.92. The Balaban J connectivity index is 0.00000312. The van der Waals surface area contributed by atoms with Crippen molar-refractivity contribution in [3.63, 3.8) is 0 Å². The highest BCUT2D eigenvalue weighted by Crippen LogP contribution is 2.20. The molecule has 0 spiro atoms. The van der Waals surface area contributed by atoms with Crippen LogP contribution in [0, 0.1) is 0 Å². The van der Waals surface area contributed by atoms with Crippen LogP contribution >= 0.6 is 11.6 Å². The third-order valence-electron chi connectivity index (χ3n) is 2.48. The van der Waals surface area contributed by atoms with E-state index in [2.05, 4.69) is 19.9 Å². The summed E-state index contributed by atoms with van der Waals surface area (Å²) in [7, 11) is 0. The molecule has 0 unspecified atom stereocenters. The largest absolute Gasteiger partial charge is 0.454 e. The Bertz CT molecular complexity index is 805. The van der Waals surface area contributed by atoms with E-state index in [-0.39, 0.29) is 34.1 Å². The first kappa shape index (κ1) is 20.8. The zero-order valence-electron chi connectivity index (χ0n) is 15.1. The fourth-order valence-electron chi connectivity index (χ4n) is 1.70. The molecule has 138 valence electrons. The summed E-state index contributed by atoms with van der Waals surface area (Å²) in [5.41, 5.74) is -1.05. The number of nitrogens with zero attached hydrogens (tertiary/aromatic N) is 3. The van der Waals surface area contributed by atoms with Crippen molar-refractivity contribution >= 4 is 34.7 Å². The van der Waals surface area contributed by atoms with Gasteiger partial charge in [0.25, 0.3) is 0 Å². The molecule has 0 aliphatic carbocycles. The molecular formula is C15H22ClN5O4. The average molecular weight is 372 g/mol. The Kier molecular flexibility index (Phi) is 5.76. The Morgan fingerprint density at radius 2 is 1.44 bits per heavy atom. The van der Waals surface area contributed by atoms with E-state index < -0.39 is 23.1 Å². The van der Waals surface area contributed by atoms with Gasteiger partial charge in [0.15, 0.2) is 10.8 Å². The van der Waals surface area contributed by atoms with Crippen molar-refractivity contribution < 1.29 is 19.1 Å². The standard InChI is InChI=1S/C15H19ClN4O4.H3N/c1-14(2,3)23-12(21)10-17-7-8(16)18-11(20-9(7)19-10)13(22)24-15(4,5)6;/h1-6H3,(H,17,18,19,20);1H3. The number of imidazole rings is 1. The SMILES string of the molecule is CC(C)(C)OC(=O)c1nc(Cl)c2nc(C(=O)OC(C)(C)C)[nH]c2n1.N. The Labute approximate surface area is 150 Å². The van der Waals surface area contributed by atoms with Crippen LogP contribution in [-0.2, 0) is 9.47 Å². The molecule has 2 aromatic rings. The third-order valence-corrected chi connectivity index (χ3v) is 2.74. The van der Waals surface area contributed by atoms with Crippen molar-refractivity contribution in [2.75, 3.05) is 0 Å². The summed E-state index contributed by atoms with van der Waals surface area (Å²) >= 11 is 6.04. The van der Waals surface area contributed by atoms with Crippen LogP contribution < -0.4 is 6.15 Å². The number of nitrogens with one attached hydrogen (secondary N) is 1.